The molecule has 0 saturated carbocycles. The second-order valence-corrected chi connectivity index (χ2v) is 2.98. The second kappa shape index (κ2) is 3.80. The number of hydrogen-bond acceptors (Lipinski definition) is 2. The molecule has 0 aliphatic carbocycles. The first kappa shape index (κ1) is 11.4. The van der Waals surface area contributed by atoms with Gasteiger partial charge in [-0.05, 0) is 18.2 Å². The molecule has 1 amide bonds. The fourth-order valence-corrected chi connectivity index (χ4v) is 1.08. The largest absolute Gasteiger partial charge is 0.418 e. The zero-order valence-corrected chi connectivity index (χ0v) is 7.85. The molecule has 0 saturated heterocycles. The Hall–Kier alpha value is -1.72. The first-order valence-corrected chi connectivity index (χ1v) is 4.05. The minimum atomic E-state index is -4.52. The zero-order chi connectivity index (χ0) is 11.6. The van der Waals surface area contributed by atoms with Crippen LogP contribution in [0, 0.1) is 0 Å². The molecule has 3 N–H and O–H groups in total. The molecule has 0 aliphatic heterocycles. The smallest absolute Gasteiger partial charge is 0.398 e. The average Bonchev–Trinajstić information content (AvgIpc) is 2.05. The number of hydrogen-bond donors (Lipinski definition) is 2. The van der Waals surface area contributed by atoms with E-state index in [1.165, 1.54) is 13.0 Å². The van der Waals surface area contributed by atoms with Crippen molar-refractivity contribution in [3.63, 3.8) is 0 Å². The van der Waals surface area contributed by atoms with Gasteiger partial charge >= 0.3 is 6.18 Å². The van der Waals surface area contributed by atoms with Gasteiger partial charge < -0.3 is 11.1 Å². The quantitative estimate of drug-likeness (QED) is 0.710. The molecule has 1 aromatic carbocycles. The number of carbonyl (C=O) groups is 1. The van der Waals surface area contributed by atoms with Crippen LogP contribution < -0.4 is 11.1 Å². The molecule has 1 rings (SSSR count). The summed E-state index contributed by atoms with van der Waals surface area (Å²) in [6, 6.07) is 3.22. The average molecular weight is 218 g/mol. The van der Waals surface area contributed by atoms with E-state index >= 15 is 0 Å². The van der Waals surface area contributed by atoms with Gasteiger partial charge in [-0.25, -0.2) is 0 Å². The third-order valence-corrected chi connectivity index (χ3v) is 1.68. The van der Waals surface area contributed by atoms with Crippen molar-refractivity contribution in [1.82, 2.24) is 0 Å². The summed E-state index contributed by atoms with van der Waals surface area (Å²) < 4.78 is 37.1. The van der Waals surface area contributed by atoms with E-state index in [4.69, 9.17) is 5.73 Å². The highest BCUT2D eigenvalue weighted by molar-refractivity contribution is 5.89. The van der Waals surface area contributed by atoms with Crippen LogP contribution in [0.3, 0.4) is 0 Å². The van der Waals surface area contributed by atoms with Crippen LogP contribution >= 0.6 is 0 Å². The topological polar surface area (TPSA) is 55.1 Å². The van der Waals surface area contributed by atoms with Crippen LogP contribution in [0.4, 0.5) is 24.5 Å². The molecule has 0 aromatic heterocycles. The Kier molecular flexibility index (Phi) is 2.88. The number of alkyl halides is 3. The van der Waals surface area contributed by atoms with Gasteiger partial charge in [0, 0.05) is 18.3 Å². The first-order chi connectivity index (χ1) is 6.80. The van der Waals surface area contributed by atoms with Crippen molar-refractivity contribution in [2.24, 2.45) is 0 Å². The van der Waals surface area contributed by atoms with Crippen molar-refractivity contribution < 1.29 is 18.0 Å². The molecular formula is C9H9F3N2O. The van der Waals surface area contributed by atoms with E-state index in [-0.39, 0.29) is 11.4 Å². The van der Waals surface area contributed by atoms with Gasteiger partial charge in [0.05, 0.1) is 5.56 Å². The lowest BCUT2D eigenvalue weighted by Gasteiger charge is -2.11. The fourth-order valence-electron chi connectivity index (χ4n) is 1.08. The molecule has 0 fully saturated rings. The third-order valence-electron chi connectivity index (χ3n) is 1.68. The van der Waals surface area contributed by atoms with E-state index in [0.29, 0.717) is 0 Å². The maximum atomic E-state index is 12.4. The molecule has 0 unspecified atom stereocenters. The number of carbonyl (C=O) groups excluding carboxylic acids is 1. The van der Waals surface area contributed by atoms with Crippen molar-refractivity contribution in [1.29, 1.82) is 0 Å². The molecule has 0 aliphatic rings. The van der Waals surface area contributed by atoms with Crippen LogP contribution in [-0.2, 0) is 11.0 Å². The molecule has 15 heavy (non-hydrogen) atoms. The van der Waals surface area contributed by atoms with Crippen LogP contribution in [0.5, 0.6) is 0 Å². The second-order valence-electron chi connectivity index (χ2n) is 2.98. The Morgan fingerprint density at radius 1 is 1.40 bits per heavy atom. The number of rotatable bonds is 1. The SMILES string of the molecule is CC(=O)Nc1ccc(N)c(C(F)(F)F)c1. The monoisotopic (exact) mass is 218 g/mol. The molecule has 82 valence electrons. The van der Waals surface area contributed by atoms with Crippen molar-refractivity contribution in [2.75, 3.05) is 11.1 Å². The maximum Gasteiger partial charge on any atom is 0.418 e. The number of anilines is 2. The minimum absolute atomic E-state index is 0.0732. The van der Waals surface area contributed by atoms with E-state index in [1.807, 2.05) is 0 Å². The van der Waals surface area contributed by atoms with E-state index in [9.17, 15) is 18.0 Å². The lowest BCUT2D eigenvalue weighted by atomic mass is 10.1. The Morgan fingerprint density at radius 3 is 2.47 bits per heavy atom. The van der Waals surface area contributed by atoms with Gasteiger partial charge in [-0.1, -0.05) is 0 Å². The van der Waals surface area contributed by atoms with Gasteiger partial charge in [0.2, 0.25) is 5.91 Å². The molecule has 0 heterocycles. The third kappa shape index (κ3) is 2.87. The predicted molar refractivity (Wildman–Crippen MR) is 50.2 cm³/mol. The van der Waals surface area contributed by atoms with Gasteiger partial charge in [0.15, 0.2) is 0 Å². The zero-order valence-electron chi connectivity index (χ0n) is 7.85. The number of nitrogens with two attached hydrogens (primary N) is 1. The predicted octanol–water partition coefficient (Wildman–Crippen LogP) is 2.25. The molecule has 0 atom stereocenters. The lowest BCUT2D eigenvalue weighted by Crippen LogP contribution is -2.11. The maximum absolute atomic E-state index is 12.4. The summed E-state index contributed by atoms with van der Waals surface area (Å²) >= 11 is 0. The molecular weight excluding hydrogens is 209 g/mol. The number of benzene rings is 1. The van der Waals surface area contributed by atoms with Crippen molar-refractivity contribution in [3.05, 3.63) is 23.8 Å². The Morgan fingerprint density at radius 2 is 2.00 bits per heavy atom. The summed E-state index contributed by atoms with van der Waals surface area (Å²) in [6.45, 7) is 1.21. The molecule has 0 radical (unpaired) electrons. The van der Waals surface area contributed by atoms with E-state index in [1.54, 1.807) is 0 Å². The van der Waals surface area contributed by atoms with E-state index in [0.717, 1.165) is 12.1 Å². The summed E-state index contributed by atoms with van der Waals surface area (Å²) in [5.74, 6) is -0.437. The van der Waals surface area contributed by atoms with Crippen LogP contribution in [0.15, 0.2) is 18.2 Å². The van der Waals surface area contributed by atoms with Crippen LogP contribution in [0.2, 0.25) is 0 Å². The molecule has 3 nitrogen and oxygen atoms in total. The molecule has 0 spiro atoms. The summed E-state index contributed by atoms with van der Waals surface area (Å²) in [7, 11) is 0. The van der Waals surface area contributed by atoms with Crippen molar-refractivity contribution in [3.8, 4) is 0 Å². The summed E-state index contributed by atoms with van der Waals surface area (Å²) in [5.41, 5.74) is 3.93. The first-order valence-electron chi connectivity index (χ1n) is 4.05. The van der Waals surface area contributed by atoms with Crippen LogP contribution in [0.1, 0.15) is 12.5 Å². The molecule has 1 aromatic rings. The van der Waals surface area contributed by atoms with Crippen LogP contribution in [-0.4, -0.2) is 5.91 Å². The van der Waals surface area contributed by atoms with Crippen molar-refractivity contribution >= 4 is 17.3 Å². The van der Waals surface area contributed by atoms with E-state index < -0.39 is 17.6 Å². The Bertz CT molecular complexity index is 387. The number of halogens is 3. The van der Waals surface area contributed by atoms with Gasteiger partial charge in [-0.3, -0.25) is 4.79 Å². The number of amides is 1. The fraction of sp³-hybridized carbons (Fsp3) is 0.222. The van der Waals surface area contributed by atoms with Gasteiger partial charge in [-0.2, -0.15) is 13.2 Å². The van der Waals surface area contributed by atoms with Gasteiger partial charge in [0.25, 0.3) is 0 Å². The highest BCUT2D eigenvalue weighted by Crippen LogP contribution is 2.34. The molecule has 6 heteroatoms. The standard InChI is InChI=1S/C9H9F3N2O/c1-5(15)14-6-2-3-8(13)7(4-6)9(10,11)12/h2-4H,13H2,1H3,(H,14,15). The highest BCUT2D eigenvalue weighted by atomic mass is 19.4. The van der Waals surface area contributed by atoms with Gasteiger partial charge in [-0.15, -0.1) is 0 Å². The van der Waals surface area contributed by atoms with Crippen LogP contribution in [0.25, 0.3) is 0 Å². The van der Waals surface area contributed by atoms with Crippen molar-refractivity contribution in [2.45, 2.75) is 13.1 Å². The highest BCUT2D eigenvalue weighted by Gasteiger charge is 2.33. The number of nitrogen functional groups attached to an aromatic ring is 1. The van der Waals surface area contributed by atoms with E-state index in [2.05, 4.69) is 5.32 Å². The normalized spacial score (nSPS) is 11.2. The Labute approximate surface area is 84.1 Å². The summed E-state index contributed by atoms with van der Waals surface area (Å²) in [4.78, 5) is 10.6. The summed E-state index contributed by atoms with van der Waals surface area (Å²) in [6.07, 6.45) is -4.52. The molecule has 0 bridgehead atoms. The summed E-state index contributed by atoms with van der Waals surface area (Å²) in [5, 5.41) is 2.25. The Balaban J connectivity index is 3.11. The lowest BCUT2D eigenvalue weighted by molar-refractivity contribution is -0.136. The minimum Gasteiger partial charge on any atom is -0.398 e. The van der Waals surface area contributed by atoms with Gasteiger partial charge in [0.1, 0.15) is 0 Å². The number of nitrogens with one attached hydrogen (secondary N) is 1.